The number of morpholine rings is 1. The van der Waals surface area contributed by atoms with Crippen LogP contribution in [0.15, 0.2) is 0 Å². The average Bonchev–Trinajstić information content (AvgIpc) is 2.27. The Morgan fingerprint density at radius 1 is 1.56 bits per heavy atom. The summed E-state index contributed by atoms with van der Waals surface area (Å²) < 4.78 is 10.9. The van der Waals surface area contributed by atoms with Crippen LogP contribution in [0.3, 0.4) is 0 Å². The third-order valence-corrected chi connectivity index (χ3v) is 2.90. The number of carbonyl (C=O) groups is 1. The number of rotatable bonds is 4. The Morgan fingerprint density at radius 2 is 2.22 bits per heavy atom. The van der Waals surface area contributed by atoms with Crippen LogP contribution in [0, 0.1) is 0 Å². The van der Waals surface area contributed by atoms with E-state index >= 15 is 0 Å². The van der Waals surface area contributed by atoms with Crippen LogP contribution in [0.5, 0.6) is 0 Å². The van der Waals surface area contributed by atoms with E-state index < -0.39 is 11.6 Å². The minimum absolute atomic E-state index is 0.0289. The van der Waals surface area contributed by atoms with Gasteiger partial charge in [-0.2, -0.15) is 0 Å². The van der Waals surface area contributed by atoms with E-state index in [1.54, 1.807) is 0 Å². The highest BCUT2D eigenvalue weighted by molar-refractivity contribution is 5.75. The largest absolute Gasteiger partial charge is 0.459 e. The lowest BCUT2D eigenvalue weighted by atomic mass is 10.1. The molecule has 2 unspecified atom stereocenters. The molecule has 5 heteroatoms. The van der Waals surface area contributed by atoms with Gasteiger partial charge in [0.05, 0.1) is 12.7 Å². The molecule has 1 fully saturated rings. The topological polar surface area (TPSA) is 64.8 Å². The fourth-order valence-electron chi connectivity index (χ4n) is 1.97. The standard InChI is InChI=1S/C13H26N2O3/c1-5-15-6-7-17-10(9-15)8-11(14)12(16)18-13(2,3)4/h10-11H,5-9,14H2,1-4H3. The molecule has 0 bridgehead atoms. The zero-order valence-corrected chi connectivity index (χ0v) is 11.9. The number of hydrogen-bond acceptors (Lipinski definition) is 5. The van der Waals surface area contributed by atoms with Crippen LogP contribution in [0.1, 0.15) is 34.1 Å². The van der Waals surface area contributed by atoms with E-state index in [0.29, 0.717) is 13.0 Å². The van der Waals surface area contributed by atoms with E-state index in [9.17, 15) is 4.79 Å². The highest BCUT2D eigenvalue weighted by atomic mass is 16.6. The quantitative estimate of drug-likeness (QED) is 0.754. The van der Waals surface area contributed by atoms with Crippen molar-refractivity contribution < 1.29 is 14.3 Å². The van der Waals surface area contributed by atoms with Crippen molar-refractivity contribution in [3.63, 3.8) is 0 Å². The Balaban J connectivity index is 2.39. The minimum atomic E-state index is -0.606. The van der Waals surface area contributed by atoms with Gasteiger partial charge in [0.25, 0.3) is 0 Å². The van der Waals surface area contributed by atoms with Crippen molar-refractivity contribution in [1.82, 2.24) is 4.90 Å². The van der Waals surface area contributed by atoms with Gasteiger partial charge >= 0.3 is 5.97 Å². The summed E-state index contributed by atoms with van der Waals surface area (Å²) in [4.78, 5) is 14.1. The highest BCUT2D eigenvalue weighted by Crippen LogP contribution is 2.13. The molecular weight excluding hydrogens is 232 g/mol. The van der Waals surface area contributed by atoms with Crippen molar-refractivity contribution in [2.45, 2.75) is 51.9 Å². The predicted octanol–water partition coefficient (Wildman–Crippen LogP) is 0.766. The Morgan fingerprint density at radius 3 is 2.78 bits per heavy atom. The van der Waals surface area contributed by atoms with Crippen molar-refractivity contribution >= 4 is 5.97 Å². The first kappa shape index (κ1) is 15.4. The first-order chi connectivity index (χ1) is 8.31. The van der Waals surface area contributed by atoms with Gasteiger partial charge in [0.15, 0.2) is 0 Å². The van der Waals surface area contributed by atoms with Gasteiger partial charge < -0.3 is 15.2 Å². The second-order valence-electron chi connectivity index (χ2n) is 5.76. The van der Waals surface area contributed by atoms with Crippen molar-refractivity contribution in [2.24, 2.45) is 5.73 Å². The first-order valence-corrected chi connectivity index (χ1v) is 6.64. The SMILES string of the molecule is CCN1CCOC(CC(N)C(=O)OC(C)(C)C)C1. The summed E-state index contributed by atoms with van der Waals surface area (Å²) in [6.45, 7) is 11.1. The van der Waals surface area contributed by atoms with Crippen molar-refractivity contribution in [3.8, 4) is 0 Å². The summed E-state index contributed by atoms with van der Waals surface area (Å²) in [7, 11) is 0. The third-order valence-electron chi connectivity index (χ3n) is 2.90. The van der Waals surface area contributed by atoms with Crippen molar-refractivity contribution in [3.05, 3.63) is 0 Å². The molecule has 1 saturated heterocycles. The summed E-state index contributed by atoms with van der Waals surface area (Å²) in [6, 6.07) is -0.606. The van der Waals surface area contributed by atoms with Gasteiger partial charge in [-0.05, 0) is 27.3 Å². The summed E-state index contributed by atoms with van der Waals surface area (Å²) in [5, 5.41) is 0. The van der Waals surface area contributed by atoms with E-state index in [1.165, 1.54) is 0 Å². The Labute approximate surface area is 110 Å². The van der Waals surface area contributed by atoms with Crippen molar-refractivity contribution in [1.29, 1.82) is 0 Å². The Hall–Kier alpha value is -0.650. The van der Waals surface area contributed by atoms with E-state index in [4.69, 9.17) is 15.2 Å². The molecule has 1 aliphatic heterocycles. The number of nitrogens with two attached hydrogens (primary N) is 1. The average molecular weight is 258 g/mol. The van der Waals surface area contributed by atoms with E-state index in [-0.39, 0.29) is 12.1 Å². The van der Waals surface area contributed by atoms with Gasteiger partial charge in [-0.15, -0.1) is 0 Å². The molecule has 0 spiro atoms. The lowest BCUT2D eigenvalue weighted by molar-refractivity contribution is -0.158. The number of ether oxygens (including phenoxy) is 2. The molecule has 106 valence electrons. The molecular formula is C13H26N2O3. The third kappa shape index (κ3) is 5.33. The number of likely N-dealkylation sites (N-methyl/N-ethyl adjacent to an activating group) is 1. The monoisotopic (exact) mass is 258 g/mol. The maximum absolute atomic E-state index is 11.8. The van der Waals surface area contributed by atoms with Gasteiger partial charge in [-0.3, -0.25) is 9.69 Å². The lowest BCUT2D eigenvalue weighted by Crippen LogP contribution is -2.47. The van der Waals surface area contributed by atoms with Crippen LogP contribution in [0.2, 0.25) is 0 Å². The number of esters is 1. The van der Waals surface area contributed by atoms with Gasteiger partial charge in [0, 0.05) is 19.5 Å². The number of carbonyl (C=O) groups excluding carboxylic acids is 1. The Bertz CT molecular complexity index is 276. The smallest absolute Gasteiger partial charge is 0.323 e. The summed E-state index contributed by atoms with van der Waals surface area (Å²) in [5.41, 5.74) is 5.38. The molecule has 0 aliphatic carbocycles. The maximum Gasteiger partial charge on any atom is 0.323 e. The minimum Gasteiger partial charge on any atom is -0.459 e. The summed E-state index contributed by atoms with van der Waals surface area (Å²) in [6.07, 6.45) is 0.548. The fourth-order valence-corrected chi connectivity index (χ4v) is 1.97. The van der Waals surface area contributed by atoms with E-state index in [1.807, 2.05) is 20.8 Å². The van der Waals surface area contributed by atoms with Crippen LogP contribution < -0.4 is 5.73 Å². The maximum atomic E-state index is 11.8. The van der Waals surface area contributed by atoms with E-state index in [0.717, 1.165) is 19.6 Å². The lowest BCUT2D eigenvalue weighted by Gasteiger charge is -2.33. The zero-order chi connectivity index (χ0) is 13.8. The van der Waals surface area contributed by atoms with Gasteiger partial charge in [-0.1, -0.05) is 6.92 Å². The van der Waals surface area contributed by atoms with Gasteiger partial charge in [0.2, 0.25) is 0 Å². The highest BCUT2D eigenvalue weighted by Gasteiger charge is 2.27. The number of hydrogen-bond donors (Lipinski definition) is 1. The Kier molecular flexibility index (Phi) is 5.56. The molecule has 1 heterocycles. The van der Waals surface area contributed by atoms with Gasteiger partial charge in [-0.25, -0.2) is 0 Å². The molecule has 0 radical (unpaired) electrons. The van der Waals surface area contributed by atoms with Crippen LogP contribution in [-0.4, -0.2) is 54.9 Å². The second kappa shape index (κ2) is 6.50. The zero-order valence-electron chi connectivity index (χ0n) is 11.9. The molecule has 2 N–H and O–H groups in total. The van der Waals surface area contributed by atoms with Crippen LogP contribution in [0.25, 0.3) is 0 Å². The van der Waals surface area contributed by atoms with E-state index in [2.05, 4.69) is 11.8 Å². The number of nitrogens with zero attached hydrogens (tertiary/aromatic N) is 1. The molecule has 5 nitrogen and oxygen atoms in total. The normalized spacial score (nSPS) is 23.7. The second-order valence-corrected chi connectivity index (χ2v) is 5.76. The molecule has 0 aromatic heterocycles. The molecule has 0 aromatic rings. The molecule has 0 amide bonds. The molecule has 1 aliphatic rings. The van der Waals surface area contributed by atoms with Crippen LogP contribution in [-0.2, 0) is 14.3 Å². The van der Waals surface area contributed by atoms with Crippen molar-refractivity contribution in [2.75, 3.05) is 26.2 Å². The van der Waals surface area contributed by atoms with Crippen LogP contribution in [0.4, 0.5) is 0 Å². The first-order valence-electron chi connectivity index (χ1n) is 6.64. The van der Waals surface area contributed by atoms with Gasteiger partial charge in [0.1, 0.15) is 11.6 Å². The molecule has 0 aromatic carbocycles. The molecule has 2 atom stereocenters. The summed E-state index contributed by atoms with van der Waals surface area (Å²) in [5.74, 6) is -0.347. The van der Waals surface area contributed by atoms with Crippen LogP contribution >= 0.6 is 0 Å². The predicted molar refractivity (Wildman–Crippen MR) is 70.3 cm³/mol. The molecule has 1 rings (SSSR count). The molecule has 0 saturated carbocycles. The fraction of sp³-hybridized carbons (Fsp3) is 0.923. The summed E-state index contributed by atoms with van der Waals surface area (Å²) >= 11 is 0. The molecule has 18 heavy (non-hydrogen) atoms.